The van der Waals surface area contributed by atoms with E-state index in [-0.39, 0.29) is 17.4 Å². The molecule has 3 aromatic carbocycles. The molecule has 2 heterocycles. The van der Waals surface area contributed by atoms with Gasteiger partial charge in [0.15, 0.2) is 17.6 Å². The maximum absolute atomic E-state index is 12.1. The SMILES string of the molecule is O=C(O)C1=C(Cl)c2cc(OCc3ccc(Cl)cc3)ccc2OC1c1ccc2c(c1)OCO2. The molecule has 0 bridgehead atoms. The lowest BCUT2D eigenvalue weighted by molar-refractivity contribution is -0.133. The number of hydrogen-bond acceptors (Lipinski definition) is 5. The van der Waals surface area contributed by atoms with E-state index >= 15 is 0 Å². The summed E-state index contributed by atoms with van der Waals surface area (Å²) >= 11 is 12.5. The number of fused-ring (bicyclic) bond motifs is 2. The van der Waals surface area contributed by atoms with Gasteiger partial charge in [-0.25, -0.2) is 4.79 Å². The second kappa shape index (κ2) is 8.30. The van der Waals surface area contributed by atoms with Gasteiger partial charge >= 0.3 is 5.97 Å². The smallest absolute Gasteiger partial charge is 0.337 e. The van der Waals surface area contributed by atoms with Gasteiger partial charge in [0.1, 0.15) is 23.7 Å². The Morgan fingerprint density at radius 1 is 0.969 bits per heavy atom. The van der Waals surface area contributed by atoms with Crippen LogP contribution >= 0.6 is 23.2 Å². The summed E-state index contributed by atoms with van der Waals surface area (Å²) in [4.78, 5) is 12.1. The Balaban J connectivity index is 1.45. The van der Waals surface area contributed by atoms with Crippen LogP contribution in [0.25, 0.3) is 5.03 Å². The summed E-state index contributed by atoms with van der Waals surface area (Å²) in [6, 6.07) is 17.6. The monoisotopic (exact) mass is 470 g/mol. The topological polar surface area (TPSA) is 74.2 Å². The molecule has 8 heteroatoms. The summed E-state index contributed by atoms with van der Waals surface area (Å²) in [5.41, 5.74) is 1.93. The lowest BCUT2D eigenvalue weighted by Gasteiger charge is -2.28. The van der Waals surface area contributed by atoms with Crippen LogP contribution in [-0.2, 0) is 11.4 Å². The molecule has 0 saturated heterocycles. The third-order valence-corrected chi connectivity index (χ3v) is 5.84. The fourth-order valence-corrected chi connectivity index (χ4v) is 4.04. The van der Waals surface area contributed by atoms with Crippen molar-refractivity contribution >= 4 is 34.2 Å². The Morgan fingerprint density at radius 2 is 1.72 bits per heavy atom. The van der Waals surface area contributed by atoms with Gasteiger partial charge in [0.05, 0.1) is 5.03 Å². The highest BCUT2D eigenvalue weighted by Crippen LogP contribution is 2.46. The molecule has 2 aliphatic rings. The lowest BCUT2D eigenvalue weighted by atomic mass is 9.95. The van der Waals surface area contributed by atoms with E-state index < -0.39 is 12.1 Å². The number of benzene rings is 3. The van der Waals surface area contributed by atoms with Gasteiger partial charge in [-0.3, -0.25) is 0 Å². The van der Waals surface area contributed by atoms with Crippen LogP contribution in [0.15, 0.2) is 66.2 Å². The van der Waals surface area contributed by atoms with Crippen LogP contribution in [0, 0.1) is 0 Å². The van der Waals surface area contributed by atoms with Crippen molar-refractivity contribution in [3.8, 4) is 23.0 Å². The molecule has 1 atom stereocenters. The number of aliphatic carboxylic acids is 1. The van der Waals surface area contributed by atoms with Crippen LogP contribution in [0.1, 0.15) is 22.8 Å². The van der Waals surface area contributed by atoms with E-state index in [0.717, 1.165) is 5.56 Å². The van der Waals surface area contributed by atoms with E-state index in [1.165, 1.54) is 0 Å². The second-order valence-electron chi connectivity index (χ2n) is 7.22. The summed E-state index contributed by atoms with van der Waals surface area (Å²) in [5, 5.41) is 10.6. The first-order valence-electron chi connectivity index (χ1n) is 9.70. The van der Waals surface area contributed by atoms with E-state index in [1.807, 2.05) is 12.1 Å². The predicted octanol–water partition coefficient (Wildman–Crippen LogP) is 5.82. The molecule has 1 unspecified atom stereocenters. The first kappa shape index (κ1) is 20.5. The van der Waals surface area contributed by atoms with Crippen molar-refractivity contribution in [1.29, 1.82) is 0 Å². The quantitative estimate of drug-likeness (QED) is 0.506. The molecule has 0 saturated carbocycles. The minimum atomic E-state index is -1.17. The number of rotatable bonds is 5. The van der Waals surface area contributed by atoms with Gasteiger partial charge in [0.25, 0.3) is 0 Å². The van der Waals surface area contributed by atoms with Gasteiger partial charge in [0.2, 0.25) is 6.79 Å². The van der Waals surface area contributed by atoms with Gasteiger partial charge in [-0.15, -0.1) is 0 Å². The first-order chi connectivity index (χ1) is 15.5. The molecule has 0 fully saturated rings. The molecular formula is C24H16Cl2O6. The minimum Gasteiger partial charge on any atom is -0.489 e. The summed E-state index contributed by atoms with van der Waals surface area (Å²) in [6.07, 6.45) is -0.900. The first-order valence-corrected chi connectivity index (χ1v) is 10.5. The van der Waals surface area contributed by atoms with Gasteiger partial charge in [-0.1, -0.05) is 41.4 Å². The van der Waals surface area contributed by atoms with Crippen LogP contribution < -0.4 is 18.9 Å². The molecule has 0 spiro atoms. The molecule has 0 radical (unpaired) electrons. The van der Waals surface area contributed by atoms with Gasteiger partial charge < -0.3 is 24.1 Å². The minimum absolute atomic E-state index is 0.0621. The molecular weight excluding hydrogens is 455 g/mol. The second-order valence-corrected chi connectivity index (χ2v) is 8.03. The van der Waals surface area contributed by atoms with Gasteiger partial charge in [0, 0.05) is 16.1 Å². The number of halogens is 2. The average molecular weight is 471 g/mol. The van der Waals surface area contributed by atoms with Gasteiger partial charge in [-0.2, -0.15) is 0 Å². The molecule has 6 nitrogen and oxygen atoms in total. The molecule has 5 rings (SSSR count). The molecule has 2 aliphatic heterocycles. The highest BCUT2D eigenvalue weighted by molar-refractivity contribution is 6.51. The summed E-state index contributed by atoms with van der Waals surface area (Å²) in [5.74, 6) is 0.951. The van der Waals surface area contributed by atoms with E-state index in [2.05, 4.69) is 0 Å². The Kier molecular flexibility index (Phi) is 5.33. The maximum atomic E-state index is 12.1. The normalized spacial score (nSPS) is 16.4. The standard InChI is InChI=1S/C24H16Cl2O6/c25-15-4-1-13(2-5-15)11-29-16-6-8-18-17(10-16)22(26)21(24(27)28)23(32-18)14-3-7-19-20(9-14)31-12-30-19/h1-10,23H,11-12H2,(H,27,28). The number of carboxylic acids is 1. The van der Waals surface area contributed by atoms with Gasteiger partial charge in [-0.05, 0) is 48.0 Å². The van der Waals surface area contributed by atoms with Crippen molar-refractivity contribution in [3.05, 3.63) is 87.9 Å². The molecule has 1 N–H and O–H groups in total. The van der Waals surface area contributed by atoms with E-state index in [9.17, 15) is 9.90 Å². The Morgan fingerprint density at radius 3 is 2.50 bits per heavy atom. The Bertz CT molecular complexity index is 1240. The van der Waals surface area contributed by atoms with E-state index in [1.54, 1.807) is 48.5 Å². The third kappa shape index (κ3) is 3.83. The van der Waals surface area contributed by atoms with Crippen molar-refractivity contribution in [2.45, 2.75) is 12.7 Å². The maximum Gasteiger partial charge on any atom is 0.337 e. The molecule has 0 amide bonds. The summed E-state index contributed by atoms with van der Waals surface area (Å²) in [6.45, 7) is 0.443. The van der Waals surface area contributed by atoms with Crippen molar-refractivity contribution < 1.29 is 28.8 Å². The van der Waals surface area contributed by atoms with Crippen LogP contribution in [-0.4, -0.2) is 17.9 Å². The molecule has 32 heavy (non-hydrogen) atoms. The lowest BCUT2D eigenvalue weighted by Crippen LogP contribution is -2.21. The Labute approximate surface area is 193 Å². The molecule has 0 aliphatic carbocycles. The van der Waals surface area contributed by atoms with Crippen LogP contribution in [0.4, 0.5) is 0 Å². The number of ether oxygens (including phenoxy) is 4. The largest absolute Gasteiger partial charge is 0.489 e. The molecule has 0 aromatic heterocycles. The number of carboxylic acid groups (broad SMARTS) is 1. The fourth-order valence-electron chi connectivity index (χ4n) is 3.58. The van der Waals surface area contributed by atoms with Crippen LogP contribution in [0.3, 0.4) is 0 Å². The molecule has 162 valence electrons. The fraction of sp³-hybridized carbons (Fsp3) is 0.125. The van der Waals surface area contributed by atoms with Crippen molar-refractivity contribution in [3.63, 3.8) is 0 Å². The van der Waals surface area contributed by atoms with Crippen molar-refractivity contribution in [2.24, 2.45) is 0 Å². The summed E-state index contributed by atoms with van der Waals surface area (Å²) in [7, 11) is 0. The summed E-state index contributed by atoms with van der Waals surface area (Å²) < 4.78 is 22.6. The zero-order valence-corrected chi connectivity index (χ0v) is 18.0. The number of hydrogen-bond donors (Lipinski definition) is 1. The third-order valence-electron chi connectivity index (χ3n) is 5.18. The predicted molar refractivity (Wildman–Crippen MR) is 119 cm³/mol. The van der Waals surface area contributed by atoms with Crippen LogP contribution in [0.2, 0.25) is 5.02 Å². The van der Waals surface area contributed by atoms with Crippen LogP contribution in [0.5, 0.6) is 23.0 Å². The zero-order valence-electron chi connectivity index (χ0n) is 16.5. The molecule has 3 aromatic rings. The highest BCUT2D eigenvalue weighted by Gasteiger charge is 2.35. The highest BCUT2D eigenvalue weighted by atomic mass is 35.5. The van der Waals surface area contributed by atoms with Crippen molar-refractivity contribution in [2.75, 3.05) is 6.79 Å². The van der Waals surface area contributed by atoms with E-state index in [4.69, 9.17) is 42.1 Å². The van der Waals surface area contributed by atoms with E-state index in [0.29, 0.717) is 45.8 Å². The average Bonchev–Trinajstić information content (AvgIpc) is 3.26. The number of carbonyl (C=O) groups is 1. The Hall–Kier alpha value is -3.35. The zero-order chi connectivity index (χ0) is 22.2. The van der Waals surface area contributed by atoms with Crippen molar-refractivity contribution in [1.82, 2.24) is 0 Å².